The monoisotopic (exact) mass is 538 g/mol. The van der Waals surface area contributed by atoms with Crippen LogP contribution in [0, 0.1) is 11.3 Å². The SMILES string of the molecule is CC(=O)O[C@@H]1[C@H]2[C@](C)(O)[C@H](OC(C)=O)C=C[C@@]2(C)[C@@H](O)[C@H](O)[C@@H](OC(C)=O)/C(C)=C\[C@@H]2OC(=O)[C@]3(C)O[C@@]213. The van der Waals surface area contributed by atoms with Crippen molar-refractivity contribution in [1.29, 1.82) is 0 Å². The van der Waals surface area contributed by atoms with E-state index in [-0.39, 0.29) is 5.57 Å². The fourth-order valence-electron chi connectivity index (χ4n) is 6.52. The van der Waals surface area contributed by atoms with Gasteiger partial charge in [0.05, 0.1) is 6.10 Å². The molecule has 2 aliphatic heterocycles. The summed E-state index contributed by atoms with van der Waals surface area (Å²) >= 11 is 0. The van der Waals surface area contributed by atoms with Crippen LogP contribution in [-0.2, 0) is 42.9 Å². The number of carbonyl (C=O) groups is 4. The quantitative estimate of drug-likeness (QED) is 0.188. The van der Waals surface area contributed by atoms with E-state index in [2.05, 4.69) is 0 Å². The molecule has 3 N–H and O–H groups in total. The molecule has 11 atom stereocenters. The highest BCUT2D eigenvalue weighted by Gasteiger charge is 2.87. The highest BCUT2D eigenvalue weighted by atomic mass is 16.7. The van der Waals surface area contributed by atoms with Gasteiger partial charge in [0, 0.05) is 32.1 Å². The van der Waals surface area contributed by atoms with Gasteiger partial charge in [-0.2, -0.15) is 0 Å². The molecule has 0 unspecified atom stereocenters. The second-order valence-electron chi connectivity index (χ2n) is 11.1. The molecule has 0 aromatic carbocycles. The molecule has 4 rings (SSSR count). The smallest absolute Gasteiger partial charge is 0.342 e. The Hall–Kier alpha value is -2.80. The van der Waals surface area contributed by atoms with Gasteiger partial charge in [-0.15, -0.1) is 0 Å². The molecule has 1 spiro atoms. The lowest BCUT2D eigenvalue weighted by atomic mass is 9.55. The molecule has 0 radical (unpaired) electrons. The van der Waals surface area contributed by atoms with Gasteiger partial charge in [0.25, 0.3) is 0 Å². The summed E-state index contributed by atoms with van der Waals surface area (Å²) in [4.78, 5) is 49.3. The maximum absolute atomic E-state index is 13.0. The zero-order valence-electron chi connectivity index (χ0n) is 22.3. The molecule has 2 fully saturated rings. The van der Waals surface area contributed by atoms with Crippen LogP contribution in [0.4, 0.5) is 0 Å². The molecule has 0 aromatic heterocycles. The largest absolute Gasteiger partial charge is 0.459 e. The summed E-state index contributed by atoms with van der Waals surface area (Å²) in [6.45, 7) is 9.26. The lowest BCUT2D eigenvalue weighted by molar-refractivity contribution is -0.225. The Morgan fingerprint density at radius 1 is 0.974 bits per heavy atom. The van der Waals surface area contributed by atoms with Crippen molar-refractivity contribution in [2.45, 2.75) is 102 Å². The minimum Gasteiger partial charge on any atom is -0.459 e. The van der Waals surface area contributed by atoms with Gasteiger partial charge in [-0.3, -0.25) is 14.4 Å². The summed E-state index contributed by atoms with van der Waals surface area (Å²) in [5.74, 6) is -4.32. The van der Waals surface area contributed by atoms with Crippen molar-refractivity contribution in [1.82, 2.24) is 0 Å². The lowest BCUT2D eigenvalue weighted by Crippen LogP contribution is -2.68. The predicted octanol–water partition coefficient (Wildman–Crippen LogP) is -0.140. The minimum atomic E-state index is -2.04. The number of ether oxygens (including phenoxy) is 5. The van der Waals surface area contributed by atoms with Gasteiger partial charge in [0.1, 0.15) is 23.9 Å². The van der Waals surface area contributed by atoms with E-state index in [1.54, 1.807) is 0 Å². The first kappa shape index (κ1) is 28.2. The fraction of sp³-hybridized carbons (Fsp3) is 0.692. The van der Waals surface area contributed by atoms with E-state index in [9.17, 15) is 34.5 Å². The van der Waals surface area contributed by atoms with Crippen LogP contribution in [0.2, 0.25) is 0 Å². The van der Waals surface area contributed by atoms with Gasteiger partial charge in [0.15, 0.2) is 23.4 Å². The van der Waals surface area contributed by atoms with Gasteiger partial charge in [0.2, 0.25) is 0 Å². The Balaban J connectivity index is 2.03. The summed E-state index contributed by atoms with van der Waals surface area (Å²) in [5, 5.41) is 35.0. The molecule has 0 amide bonds. The lowest BCUT2D eigenvalue weighted by Gasteiger charge is -2.55. The maximum Gasteiger partial charge on any atom is 0.342 e. The number of epoxide rings is 1. The Labute approximate surface area is 219 Å². The van der Waals surface area contributed by atoms with Crippen LogP contribution in [0.5, 0.6) is 0 Å². The molecule has 0 bridgehead atoms. The third-order valence-corrected chi connectivity index (χ3v) is 8.37. The Bertz CT molecular complexity index is 1130. The van der Waals surface area contributed by atoms with Crippen LogP contribution in [0.1, 0.15) is 48.5 Å². The molecule has 210 valence electrons. The van der Waals surface area contributed by atoms with Crippen LogP contribution in [0.3, 0.4) is 0 Å². The Kier molecular flexibility index (Phi) is 6.58. The minimum absolute atomic E-state index is 0.247. The molecular weight excluding hydrogens is 504 g/mol. The first-order valence-electron chi connectivity index (χ1n) is 12.3. The maximum atomic E-state index is 13.0. The van der Waals surface area contributed by atoms with E-state index >= 15 is 0 Å². The summed E-state index contributed by atoms with van der Waals surface area (Å²) in [6, 6.07) is 0. The first-order valence-corrected chi connectivity index (χ1v) is 12.3. The molecule has 12 heteroatoms. The second-order valence-corrected chi connectivity index (χ2v) is 11.1. The zero-order chi connectivity index (χ0) is 28.6. The molecule has 12 nitrogen and oxygen atoms in total. The second kappa shape index (κ2) is 8.87. The van der Waals surface area contributed by atoms with E-state index in [1.807, 2.05) is 0 Å². The number of fused-ring (bicyclic) bond motifs is 1. The van der Waals surface area contributed by atoms with Crippen molar-refractivity contribution >= 4 is 23.9 Å². The van der Waals surface area contributed by atoms with E-state index in [0.717, 1.165) is 20.8 Å². The molecule has 2 saturated heterocycles. The van der Waals surface area contributed by atoms with E-state index in [4.69, 9.17) is 23.7 Å². The zero-order valence-corrected chi connectivity index (χ0v) is 22.3. The van der Waals surface area contributed by atoms with Crippen LogP contribution in [0.25, 0.3) is 0 Å². The van der Waals surface area contributed by atoms with Crippen LogP contribution in [-0.4, -0.2) is 92.6 Å². The third kappa shape index (κ3) is 3.88. The molecule has 0 aromatic rings. The number of hydrogen-bond donors (Lipinski definition) is 3. The van der Waals surface area contributed by atoms with Gasteiger partial charge in [-0.1, -0.05) is 13.0 Å². The van der Waals surface area contributed by atoms with Gasteiger partial charge in [-0.25, -0.2) is 4.79 Å². The highest BCUT2D eigenvalue weighted by Crippen LogP contribution is 2.65. The Morgan fingerprint density at radius 3 is 2.08 bits per heavy atom. The molecule has 2 aliphatic carbocycles. The average molecular weight is 539 g/mol. The summed E-state index contributed by atoms with van der Waals surface area (Å²) in [5.41, 5.74) is -6.67. The van der Waals surface area contributed by atoms with Crippen LogP contribution in [0.15, 0.2) is 23.8 Å². The number of hydrogen-bond acceptors (Lipinski definition) is 12. The van der Waals surface area contributed by atoms with E-state index in [0.29, 0.717) is 0 Å². The van der Waals surface area contributed by atoms with Crippen molar-refractivity contribution in [3.8, 4) is 0 Å². The van der Waals surface area contributed by atoms with E-state index in [1.165, 1.54) is 45.9 Å². The molecular formula is C26H34O12. The number of esters is 4. The first-order chi connectivity index (χ1) is 17.4. The van der Waals surface area contributed by atoms with Gasteiger partial charge >= 0.3 is 23.9 Å². The van der Waals surface area contributed by atoms with E-state index < -0.39 is 88.6 Å². The van der Waals surface area contributed by atoms with Crippen molar-refractivity contribution in [2.75, 3.05) is 0 Å². The van der Waals surface area contributed by atoms with Gasteiger partial charge < -0.3 is 39.0 Å². The van der Waals surface area contributed by atoms with Crippen molar-refractivity contribution in [3.05, 3.63) is 23.8 Å². The van der Waals surface area contributed by atoms with Crippen LogP contribution < -0.4 is 0 Å². The highest BCUT2D eigenvalue weighted by molar-refractivity contribution is 5.89. The number of aliphatic hydroxyl groups is 3. The average Bonchev–Trinajstić information content (AvgIpc) is 3.38. The van der Waals surface area contributed by atoms with Crippen molar-refractivity contribution < 1.29 is 58.2 Å². The summed E-state index contributed by atoms with van der Waals surface area (Å²) in [6.07, 6.45) is -4.49. The molecule has 4 aliphatic rings. The molecule has 38 heavy (non-hydrogen) atoms. The Morgan fingerprint density at radius 2 is 1.55 bits per heavy atom. The standard InChI is InChI=1S/C26H34O12/c1-11-10-16-26(25(7,38-26)22(32)37-16)21(36-14(4)29)19-23(5,20(31)17(30)18(11)35-13(3)28)9-8-15(24(19,6)33)34-12(2)27/h8-10,15-21,30-31,33H,1-7H3/b11-10-/t15-,16+,17-,18+,19-,20+,21-,23-,24-,25+,26+/m1/s1. The van der Waals surface area contributed by atoms with Crippen LogP contribution >= 0.6 is 0 Å². The molecule has 0 saturated carbocycles. The topological polar surface area (TPSA) is 178 Å². The summed E-state index contributed by atoms with van der Waals surface area (Å²) < 4.78 is 28.2. The fourth-order valence-corrected chi connectivity index (χ4v) is 6.52. The van der Waals surface area contributed by atoms with Crippen molar-refractivity contribution in [2.24, 2.45) is 11.3 Å². The normalized spacial score (nSPS) is 48.7. The number of carbonyl (C=O) groups excluding carboxylic acids is 4. The number of rotatable bonds is 3. The molecule has 2 heterocycles. The van der Waals surface area contributed by atoms with Crippen molar-refractivity contribution in [3.63, 3.8) is 0 Å². The summed E-state index contributed by atoms with van der Waals surface area (Å²) in [7, 11) is 0. The third-order valence-electron chi connectivity index (χ3n) is 8.37. The van der Waals surface area contributed by atoms with Gasteiger partial charge in [-0.05, 0) is 38.5 Å². The number of aliphatic hydroxyl groups excluding tert-OH is 2. The predicted molar refractivity (Wildman–Crippen MR) is 126 cm³/mol.